The van der Waals surface area contributed by atoms with Gasteiger partial charge in [0.2, 0.25) is 0 Å². The van der Waals surface area contributed by atoms with Crippen LogP contribution >= 0.6 is 7.92 Å². The van der Waals surface area contributed by atoms with Gasteiger partial charge in [0.05, 0.1) is 0 Å². The van der Waals surface area contributed by atoms with Gasteiger partial charge in [0.25, 0.3) is 0 Å². The molecule has 1 fully saturated rings. The molecule has 0 unspecified atom stereocenters. The fourth-order valence-electron chi connectivity index (χ4n) is 5.33. The van der Waals surface area contributed by atoms with E-state index >= 15 is 0 Å². The lowest BCUT2D eigenvalue weighted by molar-refractivity contribution is 0.755. The molecule has 3 aromatic rings. The lowest BCUT2D eigenvalue weighted by Crippen LogP contribution is -2.13. The van der Waals surface area contributed by atoms with Crippen molar-refractivity contribution in [3.63, 3.8) is 0 Å². The Kier molecular flexibility index (Phi) is 7.52. The van der Waals surface area contributed by atoms with Crippen LogP contribution < -0.4 is 5.30 Å². The summed E-state index contributed by atoms with van der Waals surface area (Å²) in [6.07, 6.45) is 10.7. The molecule has 1 aliphatic heterocycles. The summed E-state index contributed by atoms with van der Waals surface area (Å²) in [7, 11) is -0.0370. The van der Waals surface area contributed by atoms with Gasteiger partial charge in [-0.05, 0) is 122 Å². The average Bonchev–Trinajstić information content (AvgIpc) is 2.78. The Labute approximate surface area is 197 Å². The molecule has 0 atom stereocenters. The topological polar surface area (TPSA) is 0 Å². The third-order valence-corrected chi connectivity index (χ3v) is 9.78. The van der Waals surface area contributed by atoms with Gasteiger partial charge in [-0.15, -0.1) is 0 Å². The van der Waals surface area contributed by atoms with Crippen molar-refractivity contribution in [2.75, 3.05) is 12.3 Å². The maximum Gasteiger partial charge on any atom is -0.0137 e. The summed E-state index contributed by atoms with van der Waals surface area (Å²) in [5, 5.41) is 1.63. The molecule has 1 aliphatic rings. The first-order chi connectivity index (χ1) is 15.5. The van der Waals surface area contributed by atoms with E-state index < -0.39 is 0 Å². The highest BCUT2D eigenvalue weighted by atomic mass is 31.1. The Morgan fingerprint density at radius 1 is 0.656 bits per heavy atom. The van der Waals surface area contributed by atoms with E-state index in [1.807, 2.05) is 0 Å². The van der Waals surface area contributed by atoms with E-state index in [-0.39, 0.29) is 7.92 Å². The van der Waals surface area contributed by atoms with Crippen LogP contribution in [0.25, 0.3) is 22.3 Å². The molecule has 0 nitrogen and oxygen atoms in total. The van der Waals surface area contributed by atoms with Crippen molar-refractivity contribution in [3.8, 4) is 22.3 Å². The summed E-state index contributed by atoms with van der Waals surface area (Å²) in [5.74, 6) is 0. The van der Waals surface area contributed by atoms with Crippen LogP contribution in [0.3, 0.4) is 0 Å². The molecule has 32 heavy (non-hydrogen) atoms. The van der Waals surface area contributed by atoms with E-state index in [0.717, 1.165) is 6.42 Å². The smallest absolute Gasteiger partial charge is 0.0137 e. The summed E-state index contributed by atoms with van der Waals surface area (Å²) in [6, 6.07) is 19.3. The molecule has 0 radical (unpaired) electrons. The Morgan fingerprint density at radius 3 is 1.66 bits per heavy atom. The first-order valence-corrected chi connectivity index (χ1v) is 14.3. The van der Waals surface area contributed by atoms with Gasteiger partial charge < -0.3 is 0 Å². The molecule has 1 saturated heterocycles. The fourth-order valence-corrected chi connectivity index (χ4v) is 7.90. The van der Waals surface area contributed by atoms with Crippen LogP contribution in [0.1, 0.15) is 66.8 Å². The average molecular weight is 443 g/mol. The molecule has 0 N–H and O–H groups in total. The van der Waals surface area contributed by atoms with E-state index in [2.05, 4.69) is 83.1 Å². The monoisotopic (exact) mass is 442 g/mol. The van der Waals surface area contributed by atoms with Crippen molar-refractivity contribution in [3.05, 3.63) is 76.3 Å². The van der Waals surface area contributed by atoms with Crippen molar-refractivity contribution < 1.29 is 0 Å². The zero-order valence-corrected chi connectivity index (χ0v) is 21.6. The Bertz CT molecular complexity index is 1010. The SMILES string of the molecule is CCCCc1c(-c2ccc(C)cc2C)cc(P2CCCCC2)cc1-c1ccc(C)cc1C. The number of hydrogen-bond acceptors (Lipinski definition) is 0. The van der Waals surface area contributed by atoms with Gasteiger partial charge in [-0.1, -0.05) is 75.2 Å². The van der Waals surface area contributed by atoms with E-state index in [9.17, 15) is 0 Å². The molecular formula is C31H39P. The van der Waals surface area contributed by atoms with Gasteiger partial charge in [-0.25, -0.2) is 0 Å². The first-order valence-electron chi connectivity index (χ1n) is 12.5. The summed E-state index contributed by atoms with van der Waals surface area (Å²) in [4.78, 5) is 0. The van der Waals surface area contributed by atoms with Crippen LogP contribution in [0.2, 0.25) is 0 Å². The van der Waals surface area contributed by atoms with Gasteiger partial charge >= 0.3 is 0 Å². The summed E-state index contributed by atoms with van der Waals surface area (Å²) in [5.41, 5.74) is 12.9. The summed E-state index contributed by atoms with van der Waals surface area (Å²) in [6.45, 7) is 11.3. The second-order valence-corrected chi connectivity index (χ2v) is 12.3. The zero-order valence-electron chi connectivity index (χ0n) is 20.7. The molecule has 0 bridgehead atoms. The van der Waals surface area contributed by atoms with Crippen molar-refractivity contribution in [2.45, 2.75) is 73.1 Å². The predicted octanol–water partition coefficient (Wildman–Crippen LogP) is 8.89. The minimum atomic E-state index is -0.0370. The fraction of sp³-hybridized carbons (Fsp3) is 0.419. The lowest BCUT2D eigenvalue weighted by atomic mass is 9.86. The van der Waals surface area contributed by atoms with Crippen LogP contribution in [-0.2, 0) is 6.42 Å². The number of aryl methyl sites for hydroxylation is 4. The Balaban J connectivity index is 1.98. The van der Waals surface area contributed by atoms with Crippen LogP contribution in [0, 0.1) is 27.7 Å². The molecule has 168 valence electrons. The Hall–Kier alpha value is -1.91. The molecule has 0 saturated carbocycles. The summed E-state index contributed by atoms with van der Waals surface area (Å²) >= 11 is 0. The molecule has 0 amide bonds. The summed E-state index contributed by atoms with van der Waals surface area (Å²) < 4.78 is 0. The van der Waals surface area contributed by atoms with Crippen LogP contribution in [-0.4, -0.2) is 12.3 Å². The highest BCUT2D eigenvalue weighted by Gasteiger charge is 2.21. The largest absolute Gasteiger partial charge is 0.0753 e. The van der Waals surface area contributed by atoms with Crippen molar-refractivity contribution in [2.24, 2.45) is 0 Å². The van der Waals surface area contributed by atoms with Gasteiger partial charge in [0.1, 0.15) is 0 Å². The van der Waals surface area contributed by atoms with Crippen molar-refractivity contribution in [1.29, 1.82) is 0 Å². The number of hydrogen-bond donors (Lipinski definition) is 0. The lowest BCUT2D eigenvalue weighted by Gasteiger charge is -2.27. The maximum atomic E-state index is 2.60. The van der Waals surface area contributed by atoms with Crippen LogP contribution in [0.4, 0.5) is 0 Å². The predicted molar refractivity (Wildman–Crippen MR) is 145 cm³/mol. The van der Waals surface area contributed by atoms with Crippen LogP contribution in [0.15, 0.2) is 48.5 Å². The number of rotatable bonds is 6. The normalized spacial score (nSPS) is 14.7. The molecule has 1 heteroatoms. The zero-order chi connectivity index (χ0) is 22.7. The van der Waals surface area contributed by atoms with Crippen molar-refractivity contribution >= 4 is 13.2 Å². The number of benzene rings is 3. The van der Waals surface area contributed by atoms with Gasteiger partial charge in [0.15, 0.2) is 0 Å². The second-order valence-electron chi connectivity index (χ2n) is 9.81. The van der Waals surface area contributed by atoms with Gasteiger partial charge in [-0.3, -0.25) is 0 Å². The molecular weight excluding hydrogens is 403 g/mol. The Morgan fingerprint density at radius 2 is 1.19 bits per heavy atom. The molecule has 0 aliphatic carbocycles. The highest BCUT2D eigenvalue weighted by Crippen LogP contribution is 2.44. The molecule has 0 spiro atoms. The van der Waals surface area contributed by atoms with E-state index in [0.29, 0.717) is 0 Å². The van der Waals surface area contributed by atoms with E-state index in [1.54, 1.807) is 10.9 Å². The second kappa shape index (κ2) is 10.4. The third kappa shape index (κ3) is 5.02. The third-order valence-electron chi connectivity index (χ3n) is 7.08. The molecule has 1 heterocycles. The van der Waals surface area contributed by atoms with E-state index in [4.69, 9.17) is 0 Å². The standard InChI is InChI=1S/C31H39P/c1-6-7-11-29-30(27-14-12-22(2)18-24(27)4)20-26(32-16-9-8-10-17-32)21-31(29)28-15-13-23(3)19-25(28)5/h12-15,18-21H,6-11,16-17H2,1-5H3. The molecule has 4 rings (SSSR count). The van der Waals surface area contributed by atoms with Crippen LogP contribution in [0.5, 0.6) is 0 Å². The highest BCUT2D eigenvalue weighted by molar-refractivity contribution is 7.65. The maximum absolute atomic E-state index is 2.60. The minimum Gasteiger partial charge on any atom is -0.0753 e. The minimum absolute atomic E-state index is 0.0370. The van der Waals surface area contributed by atoms with Gasteiger partial charge in [0, 0.05) is 0 Å². The first kappa shape index (κ1) is 23.3. The number of unbranched alkanes of at least 4 members (excludes halogenated alkanes) is 1. The molecule has 3 aromatic carbocycles. The van der Waals surface area contributed by atoms with Crippen molar-refractivity contribution in [1.82, 2.24) is 0 Å². The van der Waals surface area contributed by atoms with E-state index in [1.165, 1.54) is 88.9 Å². The van der Waals surface area contributed by atoms with Gasteiger partial charge in [-0.2, -0.15) is 0 Å². The quantitative estimate of drug-likeness (QED) is 0.334. The molecule has 0 aromatic heterocycles.